The van der Waals surface area contributed by atoms with Crippen molar-refractivity contribution in [3.8, 4) is 0 Å². The maximum atomic E-state index is 13.2. The minimum Gasteiger partial charge on any atom is -0.479 e. The first-order valence-electron chi connectivity index (χ1n) is 5.77. The lowest BCUT2D eigenvalue weighted by Gasteiger charge is -2.17. The van der Waals surface area contributed by atoms with Crippen LogP contribution in [0.4, 0.5) is 14.5 Å². The Balaban J connectivity index is 2.35. The molecule has 0 bridgehead atoms. The molecule has 7 heteroatoms. The minimum absolute atomic E-state index is 0.0222. The molecule has 21 heavy (non-hydrogen) atoms. The Labute approximate surface area is 132 Å². The van der Waals surface area contributed by atoms with E-state index in [1.807, 2.05) is 0 Å². The number of aliphatic carboxylic acids is 1. The highest BCUT2D eigenvalue weighted by Gasteiger charge is 2.21. The van der Waals surface area contributed by atoms with Crippen molar-refractivity contribution < 1.29 is 18.7 Å². The van der Waals surface area contributed by atoms with Crippen molar-refractivity contribution in [2.24, 2.45) is 0 Å². The van der Waals surface area contributed by atoms with Gasteiger partial charge >= 0.3 is 5.97 Å². The van der Waals surface area contributed by atoms with E-state index in [1.165, 1.54) is 0 Å². The fourth-order valence-corrected chi connectivity index (χ4v) is 2.28. The van der Waals surface area contributed by atoms with E-state index in [-0.39, 0.29) is 5.56 Å². The molecule has 0 aromatic heterocycles. The summed E-state index contributed by atoms with van der Waals surface area (Å²) in [5.41, 5.74) is 0.425. The summed E-state index contributed by atoms with van der Waals surface area (Å²) in [6.45, 7) is 0. The van der Waals surface area contributed by atoms with Gasteiger partial charge in [-0.25, -0.2) is 13.6 Å². The third-order valence-corrected chi connectivity index (χ3v) is 3.91. The lowest BCUT2D eigenvalue weighted by Crippen LogP contribution is -2.20. The van der Waals surface area contributed by atoms with Gasteiger partial charge in [-0.05, 0) is 51.8 Å². The first kappa shape index (κ1) is 15.7. The third-order valence-electron chi connectivity index (χ3n) is 2.70. The lowest BCUT2D eigenvalue weighted by atomic mass is 10.1. The predicted octanol–water partition coefficient (Wildman–Crippen LogP) is 4.62. The van der Waals surface area contributed by atoms with E-state index < -0.39 is 23.6 Å². The molecule has 0 saturated carbocycles. The van der Waals surface area contributed by atoms with Gasteiger partial charge in [0.1, 0.15) is 11.6 Å². The predicted molar refractivity (Wildman–Crippen MR) is 79.5 cm³/mol. The van der Waals surface area contributed by atoms with E-state index in [0.29, 0.717) is 21.2 Å². The maximum Gasteiger partial charge on any atom is 0.330 e. The van der Waals surface area contributed by atoms with Crippen LogP contribution in [0.15, 0.2) is 40.9 Å². The number of benzene rings is 2. The zero-order valence-corrected chi connectivity index (χ0v) is 12.8. The Bertz CT molecular complexity index is 676. The molecule has 0 aliphatic rings. The Kier molecular flexibility index (Phi) is 4.80. The number of carbonyl (C=O) groups is 1. The van der Waals surface area contributed by atoms with Crippen LogP contribution in [0.5, 0.6) is 0 Å². The van der Waals surface area contributed by atoms with E-state index in [0.717, 1.165) is 12.1 Å². The van der Waals surface area contributed by atoms with E-state index in [1.54, 1.807) is 18.2 Å². The molecule has 0 saturated heterocycles. The van der Waals surface area contributed by atoms with Gasteiger partial charge in [-0.3, -0.25) is 0 Å². The number of hydrogen-bond acceptors (Lipinski definition) is 2. The molecule has 0 aliphatic heterocycles. The molecule has 110 valence electrons. The van der Waals surface area contributed by atoms with Crippen LogP contribution in [0, 0.1) is 11.6 Å². The van der Waals surface area contributed by atoms with E-state index in [2.05, 4.69) is 21.2 Å². The van der Waals surface area contributed by atoms with Crippen molar-refractivity contribution in [1.29, 1.82) is 0 Å². The Morgan fingerprint density at radius 3 is 2.33 bits per heavy atom. The van der Waals surface area contributed by atoms with Gasteiger partial charge in [0.2, 0.25) is 0 Å². The second-order valence-corrected chi connectivity index (χ2v) is 5.51. The normalized spacial score (nSPS) is 12.0. The average molecular weight is 377 g/mol. The molecular weight excluding hydrogens is 368 g/mol. The van der Waals surface area contributed by atoms with Gasteiger partial charge in [-0.1, -0.05) is 11.6 Å². The number of halogens is 4. The number of rotatable bonds is 4. The summed E-state index contributed by atoms with van der Waals surface area (Å²) >= 11 is 9.06. The summed E-state index contributed by atoms with van der Waals surface area (Å²) in [5.74, 6) is -2.93. The number of nitrogens with one attached hydrogen (secondary N) is 1. The third kappa shape index (κ3) is 3.92. The summed E-state index contributed by atoms with van der Waals surface area (Å²) in [6, 6.07) is 6.05. The molecule has 2 N–H and O–H groups in total. The summed E-state index contributed by atoms with van der Waals surface area (Å²) in [4.78, 5) is 11.3. The van der Waals surface area contributed by atoms with Crippen LogP contribution in [0.2, 0.25) is 5.02 Å². The van der Waals surface area contributed by atoms with Gasteiger partial charge in [0, 0.05) is 16.2 Å². The number of anilines is 1. The highest BCUT2D eigenvalue weighted by molar-refractivity contribution is 9.10. The van der Waals surface area contributed by atoms with Crippen molar-refractivity contribution in [2.45, 2.75) is 6.04 Å². The Morgan fingerprint density at radius 1 is 1.19 bits per heavy atom. The molecule has 0 radical (unpaired) electrons. The monoisotopic (exact) mass is 375 g/mol. The molecule has 3 nitrogen and oxygen atoms in total. The van der Waals surface area contributed by atoms with Crippen molar-refractivity contribution in [3.63, 3.8) is 0 Å². The molecule has 0 aliphatic carbocycles. The smallest absolute Gasteiger partial charge is 0.330 e. The summed E-state index contributed by atoms with van der Waals surface area (Å²) < 4.78 is 27.0. The fraction of sp³-hybridized carbons (Fsp3) is 0.0714. The molecule has 0 spiro atoms. The van der Waals surface area contributed by atoms with Crippen molar-refractivity contribution in [1.82, 2.24) is 0 Å². The Hall–Kier alpha value is -1.66. The van der Waals surface area contributed by atoms with Gasteiger partial charge in [0.25, 0.3) is 0 Å². The van der Waals surface area contributed by atoms with Crippen LogP contribution in [-0.2, 0) is 4.79 Å². The van der Waals surface area contributed by atoms with Crippen LogP contribution < -0.4 is 5.32 Å². The molecule has 1 unspecified atom stereocenters. The average Bonchev–Trinajstić information content (AvgIpc) is 2.38. The fourth-order valence-electron chi connectivity index (χ4n) is 1.78. The summed E-state index contributed by atoms with van der Waals surface area (Å²) in [7, 11) is 0. The zero-order chi connectivity index (χ0) is 15.6. The van der Waals surface area contributed by atoms with E-state index in [4.69, 9.17) is 11.6 Å². The van der Waals surface area contributed by atoms with E-state index in [9.17, 15) is 18.7 Å². The van der Waals surface area contributed by atoms with Gasteiger partial charge in [-0.2, -0.15) is 0 Å². The number of carboxylic acid groups (broad SMARTS) is 1. The molecule has 0 heterocycles. The van der Waals surface area contributed by atoms with Crippen molar-refractivity contribution in [2.75, 3.05) is 5.32 Å². The highest BCUT2D eigenvalue weighted by Crippen LogP contribution is 2.28. The summed E-state index contributed by atoms with van der Waals surface area (Å²) in [5, 5.41) is 12.4. The number of carboxylic acids is 1. The summed E-state index contributed by atoms with van der Waals surface area (Å²) in [6.07, 6.45) is 0. The minimum atomic E-state index is -1.29. The number of hydrogen-bond donors (Lipinski definition) is 2. The highest BCUT2D eigenvalue weighted by atomic mass is 79.9. The van der Waals surface area contributed by atoms with Gasteiger partial charge in [0.05, 0.1) is 5.02 Å². The zero-order valence-electron chi connectivity index (χ0n) is 10.4. The SMILES string of the molecule is O=C(O)C(Nc1ccc(Cl)c(Br)c1)c1cc(F)cc(F)c1. The molecule has 2 rings (SSSR count). The molecule has 2 aromatic carbocycles. The Morgan fingerprint density at radius 2 is 1.81 bits per heavy atom. The second kappa shape index (κ2) is 6.41. The first-order valence-corrected chi connectivity index (χ1v) is 6.94. The quantitative estimate of drug-likeness (QED) is 0.819. The van der Waals surface area contributed by atoms with Crippen LogP contribution in [0.25, 0.3) is 0 Å². The standard InChI is InChI=1S/C14H9BrClF2NO2/c15-11-6-10(1-2-12(11)16)19-13(14(20)21)7-3-8(17)5-9(18)4-7/h1-6,13,19H,(H,20,21). The van der Waals surface area contributed by atoms with Gasteiger partial charge in [0.15, 0.2) is 6.04 Å². The lowest BCUT2D eigenvalue weighted by molar-refractivity contribution is -0.138. The molecule has 2 aromatic rings. The molecule has 0 fully saturated rings. The van der Waals surface area contributed by atoms with Gasteiger partial charge < -0.3 is 10.4 Å². The van der Waals surface area contributed by atoms with Crippen LogP contribution in [-0.4, -0.2) is 11.1 Å². The van der Waals surface area contributed by atoms with Crippen LogP contribution in [0.1, 0.15) is 11.6 Å². The van der Waals surface area contributed by atoms with Gasteiger partial charge in [-0.15, -0.1) is 0 Å². The first-order chi connectivity index (χ1) is 9.86. The maximum absolute atomic E-state index is 13.2. The van der Waals surface area contributed by atoms with Crippen LogP contribution in [0.3, 0.4) is 0 Å². The second-order valence-electron chi connectivity index (χ2n) is 4.25. The molecule has 1 atom stereocenters. The molecular formula is C14H9BrClF2NO2. The van der Waals surface area contributed by atoms with Crippen molar-refractivity contribution in [3.05, 3.63) is 63.1 Å². The van der Waals surface area contributed by atoms with Crippen LogP contribution >= 0.6 is 27.5 Å². The van der Waals surface area contributed by atoms with E-state index >= 15 is 0 Å². The van der Waals surface area contributed by atoms with Crippen molar-refractivity contribution >= 4 is 39.2 Å². The molecule has 0 amide bonds. The largest absolute Gasteiger partial charge is 0.479 e. The topological polar surface area (TPSA) is 49.3 Å².